The maximum atomic E-state index is 11.9. The lowest BCUT2D eigenvalue weighted by molar-refractivity contribution is 0.108. The number of rotatable bonds is 4. The van der Waals surface area contributed by atoms with Crippen LogP contribution >= 0.6 is 11.6 Å². The van der Waals surface area contributed by atoms with Gasteiger partial charge in [-0.3, -0.25) is 4.79 Å². The van der Waals surface area contributed by atoms with E-state index in [2.05, 4.69) is 0 Å². The highest BCUT2D eigenvalue weighted by atomic mass is 35.5. The Hall–Kier alpha value is -1.13. The minimum atomic E-state index is -3.42. The summed E-state index contributed by atoms with van der Waals surface area (Å²) in [6.07, 6.45) is 3.58. The predicted octanol–water partition coefficient (Wildman–Crippen LogP) is 3.45. The third-order valence-electron chi connectivity index (χ3n) is 3.06. The van der Waals surface area contributed by atoms with E-state index in [-0.39, 0.29) is 10.5 Å². The minimum absolute atomic E-state index is 0.143. The van der Waals surface area contributed by atoms with Gasteiger partial charge in [0.2, 0.25) is 0 Å². The van der Waals surface area contributed by atoms with Gasteiger partial charge in [0.05, 0.1) is 4.90 Å². The van der Waals surface area contributed by atoms with Gasteiger partial charge in [0.15, 0.2) is 9.84 Å². The van der Waals surface area contributed by atoms with Crippen LogP contribution in [0.25, 0.3) is 5.57 Å². The summed E-state index contributed by atoms with van der Waals surface area (Å²) in [4.78, 5) is 11.6. The van der Waals surface area contributed by atoms with E-state index in [9.17, 15) is 13.2 Å². The molecular weight excluding hydrogens is 284 g/mol. The Balaban J connectivity index is 3.78. The zero-order chi connectivity index (χ0) is 14.8. The lowest BCUT2D eigenvalue weighted by atomic mass is 9.98. The molecule has 3 nitrogen and oxygen atoms in total. The SMILES string of the molecule is C/C=C(/C)c1cc(CC)c(C(=O)Cl)cc1S(C)(=O)=O. The van der Waals surface area contributed by atoms with Gasteiger partial charge >= 0.3 is 0 Å². The van der Waals surface area contributed by atoms with Crippen LogP contribution in [0.1, 0.15) is 42.3 Å². The molecule has 0 aliphatic rings. The van der Waals surface area contributed by atoms with Gasteiger partial charge in [0, 0.05) is 11.8 Å². The van der Waals surface area contributed by atoms with Gasteiger partial charge in [-0.1, -0.05) is 13.0 Å². The molecule has 1 aromatic carbocycles. The van der Waals surface area contributed by atoms with E-state index in [1.165, 1.54) is 6.07 Å². The Morgan fingerprint density at radius 1 is 1.32 bits per heavy atom. The fourth-order valence-electron chi connectivity index (χ4n) is 1.87. The molecule has 0 amide bonds. The van der Waals surface area contributed by atoms with Crippen LogP contribution in [-0.2, 0) is 16.3 Å². The maximum absolute atomic E-state index is 11.9. The number of carbonyl (C=O) groups is 1. The maximum Gasteiger partial charge on any atom is 0.252 e. The van der Waals surface area contributed by atoms with Crippen LogP contribution in [-0.4, -0.2) is 19.9 Å². The fourth-order valence-corrected chi connectivity index (χ4v) is 3.00. The van der Waals surface area contributed by atoms with Crippen LogP contribution in [0.15, 0.2) is 23.1 Å². The van der Waals surface area contributed by atoms with E-state index in [4.69, 9.17) is 11.6 Å². The van der Waals surface area contributed by atoms with Crippen molar-refractivity contribution >= 4 is 32.3 Å². The molecule has 0 saturated carbocycles. The van der Waals surface area contributed by atoms with E-state index in [1.807, 2.05) is 26.8 Å². The predicted molar refractivity (Wildman–Crippen MR) is 78.4 cm³/mol. The van der Waals surface area contributed by atoms with E-state index >= 15 is 0 Å². The molecule has 0 aliphatic heterocycles. The first-order valence-electron chi connectivity index (χ1n) is 5.92. The van der Waals surface area contributed by atoms with Crippen LogP contribution in [0.2, 0.25) is 0 Å². The van der Waals surface area contributed by atoms with E-state index in [0.717, 1.165) is 17.4 Å². The lowest BCUT2D eigenvalue weighted by Gasteiger charge is -2.13. The van der Waals surface area contributed by atoms with Crippen LogP contribution in [0.5, 0.6) is 0 Å². The summed E-state index contributed by atoms with van der Waals surface area (Å²) in [5, 5.41) is -0.633. The number of allylic oxidation sites excluding steroid dienone is 2. The molecule has 104 valence electrons. The van der Waals surface area contributed by atoms with Gasteiger partial charge in [-0.05, 0) is 60.7 Å². The first-order chi connectivity index (χ1) is 8.72. The highest BCUT2D eigenvalue weighted by molar-refractivity contribution is 7.90. The number of hydrogen-bond acceptors (Lipinski definition) is 3. The molecule has 0 aromatic heterocycles. The van der Waals surface area contributed by atoms with Crippen LogP contribution in [0.4, 0.5) is 0 Å². The number of hydrogen-bond donors (Lipinski definition) is 0. The van der Waals surface area contributed by atoms with Gasteiger partial charge in [-0.2, -0.15) is 0 Å². The summed E-state index contributed by atoms with van der Waals surface area (Å²) in [5.41, 5.74) is 2.49. The summed E-state index contributed by atoms with van der Waals surface area (Å²) in [6.45, 7) is 5.58. The Labute approximate surface area is 119 Å². The second kappa shape index (κ2) is 5.88. The largest absolute Gasteiger partial charge is 0.276 e. The average molecular weight is 301 g/mol. The second-order valence-electron chi connectivity index (χ2n) is 4.38. The van der Waals surface area contributed by atoms with Crippen molar-refractivity contribution in [3.8, 4) is 0 Å². The van der Waals surface area contributed by atoms with Crippen molar-refractivity contribution in [1.82, 2.24) is 0 Å². The van der Waals surface area contributed by atoms with E-state index < -0.39 is 15.1 Å². The summed E-state index contributed by atoms with van der Waals surface area (Å²) in [5.74, 6) is 0. The first-order valence-corrected chi connectivity index (χ1v) is 8.19. The zero-order valence-corrected chi connectivity index (χ0v) is 13.0. The molecular formula is C14H17ClO3S. The Bertz CT molecular complexity index is 643. The van der Waals surface area contributed by atoms with Crippen molar-refractivity contribution < 1.29 is 13.2 Å². The molecule has 0 aliphatic carbocycles. The molecule has 1 rings (SSSR count). The standard InChI is InChI=1S/C14H17ClO3S/c1-5-9(3)11-7-10(6-2)12(14(15)16)8-13(11)19(4,17)18/h5,7-8H,6H2,1-4H3/b9-5-. The Morgan fingerprint density at radius 3 is 2.26 bits per heavy atom. The molecule has 0 N–H and O–H groups in total. The number of benzene rings is 1. The highest BCUT2D eigenvalue weighted by Crippen LogP contribution is 2.28. The summed E-state index contributed by atoms with van der Waals surface area (Å²) < 4.78 is 23.7. The molecule has 19 heavy (non-hydrogen) atoms. The molecule has 5 heteroatoms. The summed E-state index contributed by atoms with van der Waals surface area (Å²) >= 11 is 5.53. The third kappa shape index (κ3) is 3.45. The zero-order valence-electron chi connectivity index (χ0n) is 11.5. The highest BCUT2D eigenvalue weighted by Gasteiger charge is 2.19. The summed E-state index contributed by atoms with van der Waals surface area (Å²) in [6, 6.07) is 3.12. The van der Waals surface area contributed by atoms with Crippen LogP contribution in [0.3, 0.4) is 0 Å². The van der Waals surface area contributed by atoms with Crippen molar-refractivity contribution in [3.05, 3.63) is 34.9 Å². The number of carbonyl (C=O) groups excluding carboxylic acids is 1. The number of aryl methyl sites for hydroxylation is 1. The second-order valence-corrected chi connectivity index (χ2v) is 6.70. The van der Waals surface area contributed by atoms with Crippen LogP contribution in [0, 0.1) is 0 Å². The lowest BCUT2D eigenvalue weighted by Crippen LogP contribution is -2.07. The van der Waals surface area contributed by atoms with Gasteiger partial charge < -0.3 is 0 Å². The molecule has 0 spiro atoms. The number of halogens is 1. The third-order valence-corrected chi connectivity index (χ3v) is 4.40. The van der Waals surface area contributed by atoms with Gasteiger partial charge in [-0.15, -0.1) is 0 Å². The topological polar surface area (TPSA) is 51.2 Å². The van der Waals surface area contributed by atoms with Gasteiger partial charge in [-0.25, -0.2) is 8.42 Å². The molecule has 1 aromatic rings. The van der Waals surface area contributed by atoms with Gasteiger partial charge in [0.25, 0.3) is 5.24 Å². The van der Waals surface area contributed by atoms with E-state index in [0.29, 0.717) is 12.0 Å². The monoisotopic (exact) mass is 300 g/mol. The number of sulfone groups is 1. The molecule has 0 bridgehead atoms. The normalized spacial score (nSPS) is 12.6. The van der Waals surface area contributed by atoms with Crippen molar-refractivity contribution in [2.24, 2.45) is 0 Å². The average Bonchev–Trinajstić information content (AvgIpc) is 2.34. The molecule has 0 saturated heterocycles. The smallest absolute Gasteiger partial charge is 0.252 e. The first kappa shape index (κ1) is 15.9. The van der Waals surface area contributed by atoms with Crippen molar-refractivity contribution in [2.45, 2.75) is 32.1 Å². The van der Waals surface area contributed by atoms with Crippen molar-refractivity contribution in [1.29, 1.82) is 0 Å². The molecule has 0 radical (unpaired) electrons. The Kier molecular flexibility index (Phi) is 4.93. The Morgan fingerprint density at radius 2 is 1.89 bits per heavy atom. The fraction of sp³-hybridized carbons (Fsp3) is 0.357. The quantitative estimate of drug-likeness (QED) is 0.800. The van der Waals surface area contributed by atoms with E-state index in [1.54, 1.807) is 6.07 Å². The molecule has 0 atom stereocenters. The van der Waals surface area contributed by atoms with Crippen molar-refractivity contribution in [2.75, 3.05) is 6.26 Å². The van der Waals surface area contributed by atoms with Gasteiger partial charge in [0.1, 0.15) is 0 Å². The molecule has 0 heterocycles. The van der Waals surface area contributed by atoms with Crippen molar-refractivity contribution in [3.63, 3.8) is 0 Å². The molecule has 0 unspecified atom stereocenters. The van der Waals surface area contributed by atoms with Crippen LogP contribution < -0.4 is 0 Å². The summed E-state index contributed by atoms with van der Waals surface area (Å²) in [7, 11) is -3.42. The molecule has 0 fully saturated rings. The minimum Gasteiger partial charge on any atom is -0.276 e.